The van der Waals surface area contributed by atoms with Crippen LogP contribution in [0.15, 0.2) is 29.1 Å². The van der Waals surface area contributed by atoms with Gasteiger partial charge in [-0.2, -0.15) is 0 Å². The fourth-order valence-corrected chi connectivity index (χ4v) is 4.83. The zero-order chi connectivity index (χ0) is 22.1. The van der Waals surface area contributed by atoms with Crippen LogP contribution < -0.4 is 10.3 Å². The number of ether oxygens (including phenoxy) is 2. The third kappa shape index (κ3) is 3.62. The Morgan fingerprint density at radius 1 is 1.20 bits per heavy atom. The van der Waals surface area contributed by atoms with Crippen LogP contribution in [0.3, 0.4) is 0 Å². The lowest BCUT2D eigenvalue weighted by atomic mass is 10.0. The summed E-state index contributed by atoms with van der Waals surface area (Å²) in [6, 6.07) is 7.68. The highest BCUT2D eigenvalue weighted by atomic mass is 32.1. The van der Waals surface area contributed by atoms with Crippen molar-refractivity contribution in [2.75, 3.05) is 13.7 Å². The number of hydrogen-bond donors (Lipinski definition) is 0. The van der Waals surface area contributed by atoms with E-state index in [0.29, 0.717) is 22.5 Å². The Balaban J connectivity index is 2.40. The number of thiophene rings is 1. The number of aryl methyl sites for hydroxylation is 2. The van der Waals surface area contributed by atoms with E-state index in [9.17, 15) is 9.59 Å². The molecule has 1 aromatic carbocycles. The summed E-state index contributed by atoms with van der Waals surface area (Å²) in [6.07, 6.45) is 1.30. The van der Waals surface area contributed by atoms with Gasteiger partial charge in [-0.05, 0) is 44.9 Å². The molecule has 0 fully saturated rings. The predicted molar refractivity (Wildman–Crippen MR) is 121 cm³/mol. The number of methoxy groups -OCH3 is 1. The van der Waals surface area contributed by atoms with Crippen molar-refractivity contribution in [3.8, 4) is 16.9 Å². The van der Waals surface area contributed by atoms with Crippen LogP contribution in [0.1, 0.15) is 45.3 Å². The van der Waals surface area contributed by atoms with Crippen LogP contribution in [-0.2, 0) is 27.9 Å². The molecule has 2 heterocycles. The molecule has 0 unspecified atom stereocenters. The summed E-state index contributed by atoms with van der Waals surface area (Å²) in [4.78, 5) is 33.1. The quantitative estimate of drug-likeness (QED) is 0.516. The van der Waals surface area contributed by atoms with Gasteiger partial charge in [0.25, 0.3) is 5.56 Å². The average Bonchev–Trinajstić information content (AvgIpc) is 3.12. The van der Waals surface area contributed by atoms with Gasteiger partial charge in [-0.25, -0.2) is 9.78 Å². The number of aromatic nitrogens is 2. The lowest BCUT2D eigenvalue weighted by Gasteiger charge is -2.27. The Labute approximate surface area is 180 Å². The normalized spacial score (nSPS) is 11.7. The molecule has 0 saturated carbocycles. The molecule has 3 aromatic rings. The van der Waals surface area contributed by atoms with E-state index in [1.165, 1.54) is 15.9 Å². The van der Waals surface area contributed by atoms with Gasteiger partial charge in [0, 0.05) is 16.9 Å². The number of benzene rings is 1. The van der Waals surface area contributed by atoms with Gasteiger partial charge in [0.2, 0.25) is 0 Å². The molecule has 0 saturated heterocycles. The molecule has 7 heteroatoms. The predicted octanol–water partition coefficient (Wildman–Crippen LogP) is 4.56. The Morgan fingerprint density at radius 3 is 2.53 bits per heavy atom. The van der Waals surface area contributed by atoms with Crippen LogP contribution in [0.2, 0.25) is 0 Å². The van der Waals surface area contributed by atoms with E-state index in [2.05, 4.69) is 6.92 Å². The molecular formula is C23H28N2O4S. The minimum absolute atomic E-state index is 0.219. The van der Waals surface area contributed by atoms with Gasteiger partial charge in [-0.3, -0.25) is 9.36 Å². The van der Waals surface area contributed by atoms with Gasteiger partial charge >= 0.3 is 5.97 Å². The smallest absolute Gasteiger partial charge is 0.331 e. The first-order valence-electron chi connectivity index (χ1n) is 10.2. The molecule has 0 aliphatic carbocycles. The number of nitrogens with zero attached hydrogens (tertiary/aromatic N) is 2. The lowest BCUT2D eigenvalue weighted by Crippen LogP contribution is -2.45. The van der Waals surface area contributed by atoms with Crippen molar-refractivity contribution in [2.45, 2.75) is 53.0 Å². The van der Waals surface area contributed by atoms with E-state index >= 15 is 0 Å². The number of carbonyl (C=O) groups is 1. The highest BCUT2D eigenvalue weighted by molar-refractivity contribution is 7.19. The van der Waals surface area contributed by atoms with E-state index in [1.807, 2.05) is 31.2 Å². The number of hydrogen-bond acceptors (Lipinski definition) is 6. The average molecular weight is 429 g/mol. The third-order valence-electron chi connectivity index (χ3n) is 5.20. The SMILES string of the molecule is CCOC(=O)C(C)(C)n1c(CC)nc2sc(CC)c(-c3cccc(OC)c3)c2c1=O. The summed E-state index contributed by atoms with van der Waals surface area (Å²) in [6.45, 7) is 9.42. The monoisotopic (exact) mass is 428 g/mol. The molecule has 0 radical (unpaired) electrons. The maximum Gasteiger partial charge on any atom is 0.331 e. The molecule has 160 valence electrons. The third-order valence-corrected chi connectivity index (χ3v) is 6.43. The first-order valence-corrected chi connectivity index (χ1v) is 11.0. The van der Waals surface area contributed by atoms with Crippen LogP contribution in [0, 0.1) is 0 Å². The van der Waals surface area contributed by atoms with Gasteiger partial charge in [-0.15, -0.1) is 11.3 Å². The van der Waals surface area contributed by atoms with Crippen molar-refractivity contribution in [2.24, 2.45) is 0 Å². The largest absolute Gasteiger partial charge is 0.497 e. The van der Waals surface area contributed by atoms with Gasteiger partial charge in [0.05, 0.1) is 19.1 Å². The van der Waals surface area contributed by atoms with Crippen LogP contribution in [0.25, 0.3) is 21.3 Å². The van der Waals surface area contributed by atoms with Gasteiger partial charge in [0.1, 0.15) is 21.9 Å². The maximum absolute atomic E-state index is 13.8. The molecule has 0 N–H and O–H groups in total. The molecule has 0 aliphatic heterocycles. The molecule has 30 heavy (non-hydrogen) atoms. The summed E-state index contributed by atoms with van der Waals surface area (Å²) in [5.41, 5.74) is 0.384. The first kappa shape index (κ1) is 22.0. The van der Waals surface area contributed by atoms with Crippen LogP contribution >= 0.6 is 11.3 Å². The van der Waals surface area contributed by atoms with E-state index < -0.39 is 11.5 Å². The molecule has 0 bridgehead atoms. The standard InChI is InChI=1S/C23H28N2O4S/c1-7-16-18(14-11-10-12-15(13-14)28-6)19-20(30-16)24-17(8-2)25(21(19)26)23(4,5)22(27)29-9-3/h10-13H,7-9H2,1-6H3. The summed E-state index contributed by atoms with van der Waals surface area (Å²) in [5.74, 6) is 0.850. The number of rotatable bonds is 7. The fraction of sp³-hybridized carbons (Fsp3) is 0.435. The molecule has 0 spiro atoms. The number of carbonyl (C=O) groups excluding carboxylic acids is 1. The topological polar surface area (TPSA) is 70.4 Å². The minimum Gasteiger partial charge on any atom is -0.497 e. The van der Waals surface area contributed by atoms with E-state index in [0.717, 1.165) is 28.2 Å². The Bertz CT molecular complexity index is 1140. The van der Waals surface area contributed by atoms with E-state index in [4.69, 9.17) is 14.5 Å². The van der Waals surface area contributed by atoms with Crippen molar-refractivity contribution < 1.29 is 14.3 Å². The van der Waals surface area contributed by atoms with Crippen LogP contribution in [-0.4, -0.2) is 29.2 Å². The lowest BCUT2D eigenvalue weighted by molar-refractivity contribution is -0.152. The Hall–Kier alpha value is -2.67. The molecule has 6 nitrogen and oxygen atoms in total. The number of fused-ring (bicyclic) bond motifs is 1. The second-order valence-electron chi connectivity index (χ2n) is 7.47. The minimum atomic E-state index is -1.17. The first-order chi connectivity index (χ1) is 14.3. The molecule has 0 amide bonds. The molecule has 0 aliphatic rings. The van der Waals surface area contributed by atoms with Crippen molar-refractivity contribution in [1.82, 2.24) is 9.55 Å². The highest BCUT2D eigenvalue weighted by Gasteiger charge is 2.36. The van der Waals surface area contributed by atoms with Crippen molar-refractivity contribution in [3.63, 3.8) is 0 Å². The summed E-state index contributed by atoms with van der Waals surface area (Å²) < 4.78 is 12.1. The van der Waals surface area contributed by atoms with E-state index in [1.54, 1.807) is 27.9 Å². The van der Waals surface area contributed by atoms with Gasteiger partial charge < -0.3 is 9.47 Å². The molecule has 3 rings (SSSR count). The maximum atomic E-state index is 13.8. The molecule has 2 aromatic heterocycles. The van der Waals surface area contributed by atoms with Gasteiger partial charge in [-0.1, -0.05) is 26.0 Å². The highest BCUT2D eigenvalue weighted by Crippen LogP contribution is 2.38. The van der Waals surface area contributed by atoms with Crippen LogP contribution in [0.5, 0.6) is 5.75 Å². The van der Waals surface area contributed by atoms with Gasteiger partial charge in [0.15, 0.2) is 0 Å². The zero-order valence-electron chi connectivity index (χ0n) is 18.4. The molecular weight excluding hydrogens is 400 g/mol. The second kappa shape index (κ2) is 8.60. The molecule has 0 atom stereocenters. The number of esters is 1. The Morgan fingerprint density at radius 2 is 1.93 bits per heavy atom. The summed E-state index contributed by atoms with van der Waals surface area (Å²) >= 11 is 1.53. The van der Waals surface area contributed by atoms with Crippen LogP contribution in [0.4, 0.5) is 0 Å². The zero-order valence-corrected chi connectivity index (χ0v) is 19.2. The Kier molecular flexibility index (Phi) is 6.31. The second-order valence-corrected chi connectivity index (χ2v) is 8.55. The summed E-state index contributed by atoms with van der Waals surface area (Å²) in [5, 5.41) is 0.541. The fourth-order valence-electron chi connectivity index (χ4n) is 3.68. The van der Waals surface area contributed by atoms with Crippen molar-refractivity contribution in [1.29, 1.82) is 0 Å². The van der Waals surface area contributed by atoms with E-state index in [-0.39, 0.29) is 12.2 Å². The van der Waals surface area contributed by atoms with Crippen molar-refractivity contribution in [3.05, 3.63) is 45.3 Å². The summed E-state index contributed by atoms with van der Waals surface area (Å²) in [7, 11) is 1.62. The van der Waals surface area contributed by atoms with Crippen molar-refractivity contribution >= 4 is 27.5 Å².